The van der Waals surface area contributed by atoms with Gasteiger partial charge in [0.05, 0.1) is 18.6 Å². The average Bonchev–Trinajstić information content (AvgIpc) is 3.07. The van der Waals surface area contributed by atoms with Crippen molar-refractivity contribution in [3.8, 4) is 0 Å². The van der Waals surface area contributed by atoms with Crippen LogP contribution in [0, 0.1) is 0 Å². The third-order valence-corrected chi connectivity index (χ3v) is 3.12. The summed E-state index contributed by atoms with van der Waals surface area (Å²) in [6.07, 6.45) is 6.16. The zero-order valence-corrected chi connectivity index (χ0v) is 11.8. The van der Waals surface area contributed by atoms with Gasteiger partial charge in [0.25, 0.3) is 5.91 Å². The topological polar surface area (TPSA) is 93.4 Å². The molecule has 0 saturated carbocycles. The van der Waals surface area contributed by atoms with Gasteiger partial charge in [0, 0.05) is 31.7 Å². The van der Waals surface area contributed by atoms with Crippen LogP contribution in [0.15, 0.2) is 41.8 Å². The number of nitrogens with zero attached hydrogens (tertiary/aromatic N) is 4. The predicted octanol–water partition coefficient (Wildman–Crippen LogP) is 0.486. The third kappa shape index (κ3) is 3.54. The monoisotopic (exact) mass is 300 g/mol. The Kier molecular flexibility index (Phi) is 4.52. The average molecular weight is 300 g/mol. The number of amides is 1. The highest BCUT2D eigenvalue weighted by Crippen LogP contribution is 2.10. The van der Waals surface area contributed by atoms with Gasteiger partial charge in [0.2, 0.25) is 0 Å². The summed E-state index contributed by atoms with van der Waals surface area (Å²) < 4.78 is 7.21. The Morgan fingerprint density at radius 2 is 2.32 bits per heavy atom. The van der Waals surface area contributed by atoms with Crippen molar-refractivity contribution in [3.63, 3.8) is 0 Å². The zero-order chi connectivity index (χ0) is 15.2. The number of aromatic nitrogens is 3. The molecule has 0 spiro atoms. The van der Waals surface area contributed by atoms with E-state index in [0.717, 1.165) is 6.54 Å². The molecule has 1 aliphatic heterocycles. The van der Waals surface area contributed by atoms with Crippen LogP contribution < -0.4 is 10.6 Å². The number of carbonyl (C=O) groups is 1. The van der Waals surface area contributed by atoms with Gasteiger partial charge in [0.15, 0.2) is 11.9 Å². The van der Waals surface area contributed by atoms with Gasteiger partial charge < -0.3 is 15.4 Å². The molecular weight excluding hydrogens is 284 g/mol. The van der Waals surface area contributed by atoms with E-state index in [1.165, 1.54) is 6.34 Å². The summed E-state index contributed by atoms with van der Waals surface area (Å²) in [4.78, 5) is 20.0. The molecule has 1 amide bonds. The second-order valence-corrected chi connectivity index (χ2v) is 4.65. The molecule has 0 bridgehead atoms. The number of ether oxygens (including phenoxy) is 1. The van der Waals surface area contributed by atoms with Crippen LogP contribution in [-0.2, 0) is 4.74 Å². The largest absolute Gasteiger partial charge is 0.354 e. The summed E-state index contributed by atoms with van der Waals surface area (Å²) in [5, 5.41) is 10.0. The number of pyridine rings is 1. The van der Waals surface area contributed by atoms with Crippen LogP contribution in [0.3, 0.4) is 0 Å². The van der Waals surface area contributed by atoms with Crippen molar-refractivity contribution in [1.29, 1.82) is 0 Å². The van der Waals surface area contributed by atoms with Crippen molar-refractivity contribution in [2.45, 2.75) is 6.23 Å². The molecule has 2 aromatic heterocycles. The minimum atomic E-state index is -0.319. The third-order valence-electron chi connectivity index (χ3n) is 3.12. The van der Waals surface area contributed by atoms with Crippen LogP contribution in [0.4, 0.5) is 5.69 Å². The predicted molar refractivity (Wildman–Crippen MR) is 79.9 cm³/mol. The minimum absolute atomic E-state index is 0.180. The standard InChI is InChI=1S/C14H16N6O2/c21-14(18-10-17-11-1-4-15-5-2-11)12-3-7-20(19-12)13-9-16-6-8-22-13/h1-5,7,10,13,16H,6,8-9H2,(H,15,17,18,21). The van der Waals surface area contributed by atoms with E-state index in [0.29, 0.717) is 24.5 Å². The Bertz CT molecular complexity index is 648. The SMILES string of the molecule is O=C(NC=Nc1ccncc1)c1ccn(C2CNCCO2)n1. The molecule has 8 nitrogen and oxygen atoms in total. The summed E-state index contributed by atoms with van der Waals surface area (Å²) in [5.74, 6) is -0.319. The van der Waals surface area contributed by atoms with Crippen molar-refractivity contribution in [1.82, 2.24) is 25.4 Å². The van der Waals surface area contributed by atoms with E-state index in [1.54, 1.807) is 41.5 Å². The quantitative estimate of drug-likeness (QED) is 0.633. The van der Waals surface area contributed by atoms with E-state index in [9.17, 15) is 4.79 Å². The van der Waals surface area contributed by atoms with Gasteiger partial charge in [-0.3, -0.25) is 9.78 Å². The second kappa shape index (κ2) is 6.92. The lowest BCUT2D eigenvalue weighted by molar-refractivity contribution is -0.0272. The maximum Gasteiger partial charge on any atom is 0.276 e. The molecule has 1 aliphatic rings. The molecule has 0 aromatic carbocycles. The number of aliphatic imine (C=N–C) groups is 1. The van der Waals surface area contributed by atoms with Crippen LogP contribution >= 0.6 is 0 Å². The number of carbonyl (C=O) groups excluding carboxylic acids is 1. The summed E-state index contributed by atoms with van der Waals surface area (Å²) in [6, 6.07) is 5.13. The van der Waals surface area contributed by atoms with E-state index in [-0.39, 0.29) is 12.1 Å². The molecule has 0 aliphatic carbocycles. The van der Waals surface area contributed by atoms with Crippen LogP contribution in [0.1, 0.15) is 16.7 Å². The fourth-order valence-electron chi connectivity index (χ4n) is 2.01. The van der Waals surface area contributed by atoms with E-state index in [4.69, 9.17) is 4.74 Å². The fourth-order valence-corrected chi connectivity index (χ4v) is 2.01. The Morgan fingerprint density at radius 3 is 3.09 bits per heavy atom. The minimum Gasteiger partial charge on any atom is -0.354 e. The Labute approximate surface area is 127 Å². The number of nitrogens with one attached hydrogen (secondary N) is 2. The van der Waals surface area contributed by atoms with Gasteiger partial charge >= 0.3 is 0 Å². The maximum atomic E-state index is 12.0. The summed E-state index contributed by atoms with van der Waals surface area (Å²) >= 11 is 0. The van der Waals surface area contributed by atoms with Crippen LogP contribution in [0.5, 0.6) is 0 Å². The molecular formula is C14H16N6O2. The molecule has 1 unspecified atom stereocenters. The first-order valence-electron chi connectivity index (χ1n) is 6.94. The van der Waals surface area contributed by atoms with Gasteiger partial charge in [-0.05, 0) is 18.2 Å². The molecule has 3 heterocycles. The zero-order valence-electron chi connectivity index (χ0n) is 11.8. The second-order valence-electron chi connectivity index (χ2n) is 4.65. The first-order valence-corrected chi connectivity index (χ1v) is 6.94. The molecule has 22 heavy (non-hydrogen) atoms. The van der Waals surface area contributed by atoms with Gasteiger partial charge in [-0.1, -0.05) is 0 Å². The van der Waals surface area contributed by atoms with E-state index < -0.39 is 0 Å². The van der Waals surface area contributed by atoms with E-state index >= 15 is 0 Å². The first-order chi connectivity index (χ1) is 10.8. The van der Waals surface area contributed by atoms with Gasteiger partial charge in [-0.2, -0.15) is 5.10 Å². The van der Waals surface area contributed by atoms with Crippen molar-refractivity contribution in [2.75, 3.05) is 19.7 Å². The van der Waals surface area contributed by atoms with Crippen molar-refractivity contribution in [2.24, 2.45) is 4.99 Å². The fraction of sp³-hybridized carbons (Fsp3) is 0.286. The Morgan fingerprint density at radius 1 is 1.45 bits per heavy atom. The maximum absolute atomic E-state index is 12.0. The number of hydrogen-bond acceptors (Lipinski definition) is 6. The van der Waals surface area contributed by atoms with Gasteiger partial charge in [-0.25, -0.2) is 9.67 Å². The highest BCUT2D eigenvalue weighted by molar-refractivity contribution is 5.99. The Balaban J connectivity index is 1.58. The van der Waals surface area contributed by atoms with Gasteiger partial charge in [0.1, 0.15) is 0 Å². The molecule has 3 rings (SSSR count). The number of rotatable bonds is 4. The first kappa shape index (κ1) is 14.4. The molecule has 2 N–H and O–H groups in total. The molecule has 1 fully saturated rings. The smallest absolute Gasteiger partial charge is 0.276 e. The Hall–Kier alpha value is -2.58. The van der Waals surface area contributed by atoms with Crippen LogP contribution in [0.2, 0.25) is 0 Å². The van der Waals surface area contributed by atoms with Crippen molar-refractivity contribution < 1.29 is 9.53 Å². The van der Waals surface area contributed by atoms with Crippen LogP contribution in [-0.4, -0.2) is 46.7 Å². The van der Waals surface area contributed by atoms with Gasteiger partial charge in [-0.15, -0.1) is 0 Å². The molecule has 114 valence electrons. The highest BCUT2D eigenvalue weighted by Gasteiger charge is 2.17. The normalized spacial score (nSPS) is 18.5. The lowest BCUT2D eigenvalue weighted by Crippen LogP contribution is -2.36. The van der Waals surface area contributed by atoms with Crippen LogP contribution in [0.25, 0.3) is 0 Å². The molecule has 8 heteroatoms. The number of hydrogen-bond donors (Lipinski definition) is 2. The highest BCUT2D eigenvalue weighted by atomic mass is 16.5. The van der Waals surface area contributed by atoms with E-state index in [1.807, 2.05) is 0 Å². The van der Waals surface area contributed by atoms with Crippen molar-refractivity contribution in [3.05, 3.63) is 42.5 Å². The molecule has 2 aromatic rings. The lowest BCUT2D eigenvalue weighted by Gasteiger charge is -2.23. The lowest BCUT2D eigenvalue weighted by atomic mass is 10.4. The molecule has 0 radical (unpaired) electrons. The summed E-state index contributed by atoms with van der Waals surface area (Å²) in [7, 11) is 0. The van der Waals surface area contributed by atoms with Crippen molar-refractivity contribution >= 4 is 17.9 Å². The molecule has 1 atom stereocenters. The van der Waals surface area contributed by atoms with E-state index in [2.05, 4.69) is 25.7 Å². The summed E-state index contributed by atoms with van der Waals surface area (Å²) in [6.45, 7) is 2.13. The molecule has 1 saturated heterocycles. The number of morpholine rings is 1. The summed E-state index contributed by atoms with van der Waals surface area (Å²) in [5.41, 5.74) is 1.03.